The monoisotopic (exact) mass is 233 g/mol. The standard InChI is InChI=1S/C13H15NOS/c1-3-11-5-6-12(16-11)8-10-4-7-13(15-2)14-9-10/h4-7,9H,3,8H2,1-2H3. The van der Waals surface area contributed by atoms with Crippen LogP contribution in [0.4, 0.5) is 0 Å². The third kappa shape index (κ3) is 2.61. The Balaban J connectivity index is 2.08. The number of hydrogen-bond donors (Lipinski definition) is 0. The minimum atomic E-state index is 0.671. The van der Waals surface area contributed by atoms with Gasteiger partial charge in [-0.05, 0) is 24.1 Å². The summed E-state index contributed by atoms with van der Waals surface area (Å²) in [5, 5.41) is 0. The Kier molecular flexibility index (Phi) is 3.57. The number of rotatable bonds is 4. The maximum Gasteiger partial charge on any atom is 0.212 e. The Morgan fingerprint density at radius 2 is 2.00 bits per heavy atom. The van der Waals surface area contributed by atoms with Crippen molar-refractivity contribution in [1.82, 2.24) is 4.98 Å². The normalized spacial score (nSPS) is 10.4. The van der Waals surface area contributed by atoms with Crippen LogP contribution in [0.15, 0.2) is 30.5 Å². The minimum Gasteiger partial charge on any atom is -0.481 e. The lowest BCUT2D eigenvalue weighted by atomic mass is 10.2. The molecule has 0 unspecified atom stereocenters. The first-order valence-electron chi connectivity index (χ1n) is 5.38. The van der Waals surface area contributed by atoms with Gasteiger partial charge in [0.25, 0.3) is 0 Å². The van der Waals surface area contributed by atoms with Crippen LogP contribution in [0.1, 0.15) is 22.2 Å². The molecular weight excluding hydrogens is 218 g/mol. The van der Waals surface area contributed by atoms with Crippen LogP contribution < -0.4 is 4.74 Å². The summed E-state index contributed by atoms with van der Waals surface area (Å²) in [5.74, 6) is 0.671. The van der Waals surface area contributed by atoms with Crippen LogP contribution in [-0.2, 0) is 12.8 Å². The molecule has 0 bridgehead atoms. The van der Waals surface area contributed by atoms with Gasteiger partial charge in [0, 0.05) is 28.4 Å². The first-order chi connectivity index (χ1) is 7.81. The van der Waals surface area contributed by atoms with E-state index in [0.29, 0.717) is 5.88 Å². The van der Waals surface area contributed by atoms with Crippen molar-refractivity contribution in [3.8, 4) is 5.88 Å². The number of aromatic nitrogens is 1. The lowest BCUT2D eigenvalue weighted by Gasteiger charge is -2.00. The predicted octanol–water partition coefficient (Wildman–Crippen LogP) is 3.30. The van der Waals surface area contributed by atoms with Crippen molar-refractivity contribution in [2.24, 2.45) is 0 Å². The highest BCUT2D eigenvalue weighted by Crippen LogP contribution is 2.20. The number of aryl methyl sites for hydroxylation is 1. The number of pyridine rings is 1. The predicted molar refractivity (Wildman–Crippen MR) is 67.3 cm³/mol. The molecule has 0 aliphatic carbocycles. The first-order valence-corrected chi connectivity index (χ1v) is 6.20. The fourth-order valence-corrected chi connectivity index (χ4v) is 2.54. The van der Waals surface area contributed by atoms with E-state index in [2.05, 4.69) is 30.1 Å². The maximum absolute atomic E-state index is 5.03. The second-order valence-corrected chi connectivity index (χ2v) is 4.86. The third-order valence-electron chi connectivity index (χ3n) is 2.45. The van der Waals surface area contributed by atoms with Crippen molar-refractivity contribution in [2.45, 2.75) is 19.8 Å². The van der Waals surface area contributed by atoms with E-state index in [0.717, 1.165) is 12.8 Å². The lowest BCUT2D eigenvalue weighted by molar-refractivity contribution is 0.397. The molecule has 2 aromatic heterocycles. The molecule has 0 saturated heterocycles. The van der Waals surface area contributed by atoms with Crippen LogP contribution in [0.5, 0.6) is 5.88 Å². The first kappa shape index (κ1) is 11.1. The van der Waals surface area contributed by atoms with Gasteiger partial charge in [-0.25, -0.2) is 4.98 Å². The zero-order valence-corrected chi connectivity index (χ0v) is 10.4. The van der Waals surface area contributed by atoms with Crippen LogP contribution >= 0.6 is 11.3 Å². The van der Waals surface area contributed by atoms with E-state index >= 15 is 0 Å². The lowest BCUT2D eigenvalue weighted by Crippen LogP contribution is -1.90. The fourth-order valence-electron chi connectivity index (χ4n) is 1.54. The molecule has 3 heteroatoms. The summed E-state index contributed by atoms with van der Waals surface area (Å²) in [6.45, 7) is 2.19. The van der Waals surface area contributed by atoms with E-state index in [-0.39, 0.29) is 0 Å². The molecule has 0 radical (unpaired) electrons. The van der Waals surface area contributed by atoms with Gasteiger partial charge in [-0.3, -0.25) is 0 Å². The van der Waals surface area contributed by atoms with Crippen LogP contribution in [0, 0.1) is 0 Å². The molecule has 0 N–H and O–H groups in total. The second kappa shape index (κ2) is 5.12. The summed E-state index contributed by atoms with van der Waals surface area (Å²) >= 11 is 1.88. The largest absolute Gasteiger partial charge is 0.481 e. The Morgan fingerprint density at radius 1 is 1.19 bits per heavy atom. The number of methoxy groups -OCH3 is 1. The highest BCUT2D eigenvalue weighted by atomic mass is 32.1. The zero-order valence-electron chi connectivity index (χ0n) is 9.56. The van der Waals surface area contributed by atoms with Gasteiger partial charge < -0.3 is 4.74 Å². The highest BCUT2D eigenvalue weighted by molar-refractivity contribution is 7.12. The summed E-state index contributed by atoms with van der Waals surface area (Å²) in [6, 6.07) is 8.38. The summed E-state index contributed by atoms with van der Waals surface area (Å²) in [4.78, 5) is 7.04. The Morgan fingerprint density at radius 3 is 2.56 bits per heavy atom. The average molecular weight is 233 g/mol. The van der Waals surface area contributed by atoms with Gasteiger partial charge in [-0.2, -0.15) is 0 Å². The molecule has 16 heavy (non-hydrogen) atoms. The summed E-state index contributed by atoms with van der Waals surface area (Å²) < 4.78 is 5.03. The van der Waals surface area contributed by atoms with E-state index in [1.165, 1.54) is 15.3 Å². The zero-order chi connectivity index (χ0) is 11.4. The van der Waals surface area contributed by atoms with Crippen molar-refractivity contribution in [3.05, 3.63) is 45.8 Å². The van der Waals surface area contributed by atoms with E-state index in [9.17, 15) is 0 Å². The number of nitrogens with zero attached hydrogens (tertiary/aromatic N) is 1. The van der Waals surface area contributed by atoms with Crippen molar-refractivity contribution < 1.29 is 4.74 Å². The molecule has 0 amide bonds. The Bertz CT molecular complexity index is 447. The molecule has 0 aliphatic heterocycles. The average Bonchev–Trinajstić information content (AvgIpc) is 2.78. The van der Waals surface area contributed by atoms with Gasteiger partial charge in [-0.1, -0.05) is 13.0 Å². The van der Waals surface area contributed by atoms with E-state index in [4.69, 9.17) is 4.74 Å². The molecule has 84 valence electrons. The smallest absolute Gasteiger partial charge is 0.212 e. The molecule has 0 spiro atoms. The second-order valence-electron chi connectivity index (χ2n) is 3.61. The SMILES string of the molecule is CCc1ccc(Cc2ccc(OC)nc2)s1. The fraction of sp³-hybridized carbons (Fsp3) is 0.308. The summed E-state index contributed by atoms with van der Waals surface area (Å²) in [5.41, 5.74) is 1.23. The van der Waals surface area contributed by atoms with Gasteiger partial charge >= 0.3 is 0 Å². The van der Waals surface area contributed by atoms with Crippen molar-refractivity contribution in [2.75, 3.05) is 7.11 Å². The molecule has 2 heterocycles. The summed E-state index contributed by atoms with van der Waals surface area (Å²) in [6.07, 6.45) is 3.96. The van der Waals surface area contributed by atoms with E-state index in [1.54, 1.807) is 7.11 Å². The topological polar surface area (TPSA) is 22.1 Å². The van der Waals surface area contributed by atoms with Crippen molar-refractivity contribution >= 4 is 11.3 Å². The number of hydrogen-bond acceptors (Lipinski definition) is 3. The molecule has 2 rings (SSSR count). The molecule has 0 saturated carbocycles. The quantitative estimate of drug-likeness (QED) is 0.808. The van der Waals surface area contributed by atoms with Crippen LogP contribution in [-0.4, -0.2) is 12.1 Å². The van der Waals surface area contributed by atoms with Gasteiger partial charge in [0.2, 0.25) is 5.88 Å². The Labute approximate surface area is 99.9 Å². The van der Waals surface area contributed by atoms with Crippen molar-refractivity contribution in [1.29, 1.82) is 0 Å². The third-order valence-corrected chi connectivity index (χ3v) is 3.68. The van der Waals surface area contributed by atoms with Crippen LogP contribution in [0.3, 0.4) is 0 Å². The van der Waals surface area contributed by atoms with E-state index in [1.807, 2.05) is 23.6 Å². The molecule has 2 aromatic rings. The van der Waals surface area contributed by atoms with Gasteiger partial charge in [0.15, 0.2) is 0 Å². The Hall–Kier alpha value is -1.35. The molecule has 0 atom stereocenters. The molecule has 0 aromatic carbocycles. The number of ether oxygens (including phenoxy) is 1. The van der Waals surface area contributed by atoms with Crippen LogP contribution in [0.25, 0.3) is 0 Å². The molecule has 0 aliphatic rings. The summed E-state index contributed by atoms with van der Waals surface area (Å²) in [7, 11) is 1.63. The molecule has 0 fully saturated rings. The highest BCUT2D eigenvalue weighted by Gasteiger charge is 2.01. The van der Waals surface area contributed by atoms with Gasteiger partial charge in [0.1, 0.15) is 0 Å². The minimum absolute atomic E-state index is 0.671. The molecule has 2 nitrogen and oxygen atoms in total. The number of thiophene rings is 1. The molecular formula is C13H15NOS. The van der Waals surface area contributed by atoms with E-state index < -0.39 is 0 Å². The van der Waals surface area contributed by atoms with Crippen molar-refractivity contribution in [3.63, 3.8) is 0 Å². The van der Waals surface area contributed by atoms with Gasteiger partial charge in [0.05, 0.1) is 7.11 Å². The van der Waals surface area contributed by atoms with Gasteiger partial charge in [-0.15, -0.1) is 11.3 Å². The maximum atomic E-state index is 5.03. The van der Waals surface area contributed by atoms with Crippen LogP contribution in [0.2, 0.25) is 0 Å².